The first-order valence-electron chi connectivity index (χ1n) is 10.8. The summed E-state index contributed by atoms with van der Waals surface area (Å²) in [6.45, 7) is 3.58. The minimum atomic E-state index is -0.665. The van der Waals surface area contributed by atoms with Crippen molar-refractivity contribution < 1.29 is 19.0 Å². The van der Waals surface area contributed by atoms with Gasteiger partial charge in [-0.15, -0.1) is 0 Å². The zero-order chi connectivity index (χ0) is 23.4. The summed E-state index contributed by atoms with van der Waals surface area (Å²) in [5.41, 5.74) is 1.35. The largest absolute Gasteiger partial charge is 0.487 e. The molecule has 1 aromatic heterocycles. The van der Waals surface area contributed by atoms with Gasteiger partial charge in [0.1, 0.15) is 30.8 Å². The molecule has 2 heterocycles. The summed E-state index contributed by atoms with van der Waals surface area (Å²) >= 11 is 0. The average Bonchev–Trinajstić information content (AvgIpc) is 3.19. The van der Waals surface area contributed by atoms with Gasteiger partial charge in [-0.25, -0.2) is 4.79 Å². The van der Waals surface area contributed by atoms with Crippen molar-refractivity contribution in [2.75, 3.05) is 6.61 Å². The Morgan fingerprint density at radius 2 is 1.82 bits per heavy atom. The average molecular weight is 450 g/mol. The number of hydrogen-bond acceptors (Lipinski definition) is 6. The molecule has 172 valence electrons. The first kappa shape index (κ1) is 22.5. The van der Waals surface area contributed by atoms with Crippen LogP contribution in [0.2, 0.25) is 0 Å². The molecule has 0 aliphatic carbocycles. The Morgan fingerprint density at radius 1 is 1.09 bits per heavy atom. The van der Waals surface area contributed by atoms with E-state index in [1.807, 2.05) is 61.5 Å². The first-order valence-corrected chi connectivity index (χ1v) is 10.8. The van der Waals surface area contributed by atoms with E-state index in [2.05, 4.69) is 4.98 Å². The number of aryl methyl sites for hydroxylation is 2. The van der Waals surface area contributed by atoms with Gasteiger partial charge in [0.15, 0.2) is 0 Å². The summed E-state index contributed by atoms with van der Waals surface area (Å²) in [6.07, 6.45) is 0.260. The van der Waals surface area contributed by atoms with Crippen LogP contribution in [0.3, 0.4) is 0 Å². The molecule has 1 aliphatic rings. The van der Waals surface area contributed by atoms with Gasteiger partial charge in [0.25, 0.3) is 5.56 Å². The number of esters is 1. The summed E-state index contributed by atoms with van der Waals surface area (Å²) in [5, 5.41) is 0. The second-order valence-corrected chi connectivity index (χ2v) is 8.16. The van der Waals surface area contributed by atoms with Crippen LogP contribution in [0.1, 0.15) is 29.3 Å². The van der Waals surface area contributed by atoms with E-state index >= 15 is 0 Å². The fraction of sp³-hybridized carbons (Fsp3) is 0.320. The monoisotopic (exact) mass is 450 g/mol. The molecule has 1 fully saturated rings. The van der Waals surface area contributed by atoms with Gasteiger partial charge < -0.3 is 14.2 Å². The van der Waals surface area contributed by atoms with E-state index < -0.39 is 29.7 Å². The van der Waals surface area contributed by atoms with Crippen LogP contribution in [0.5, 0.6) is 5.75 Å². The van der Waals surface area contributed by atoms with Crippen molar-refractivity contribution in [1.29, 1.82) is 0 Å². The van der Waals surface area contributed by atoms with Crippen molar-refractivity contribution in [2.45, 2.75) is 45.1 Å². The second kappa shape index (κ2) is 9.87. The molecule has 0 saturated carbocycles. The van der Waals surface area contributed by atoms with Crippen molar-refractivity contribution >= 4 is 5.97 Å². The zero-order valence-electron chi connectivity index (χ0n) is 18.5. The van der Waals surface area contributed by atoms with Gasteiger partial charge in [0, 0.05) is 18.2 Å². The number of benzene rings is 2. The molecule has 1 saturated heterocycles. The molecule has 3 atom stereocenters. The van der Waals surface area contributed by atoms with Crippen LogP contribution in [0, 0.1) is 13.8 Å². The molecule has 0 unspecified atom stereocenters. The van der Waals surface area contributed by atoms with Crippen LogP contribution in [-0.4, -0.2) is 34.3 Å². The summed E-state index contributed by atoms with van der Waals surface area (Å²) in [4.78, 5) is 38.7. The van der Waals surface area contributed by atoms with Crippen LogP contribution >= 0.6 is 0 Å². The molecule has 0 radical (unpaired) electrons. The molecular formula is C25H26N2O6. The normalized spacial score (nSPS) is 19.9. The Balaban J connectivity index is 1.49. The summed E-state index contributed by atoms with van der Waals surface area (Å²) in [7, 11) is 0. The van der Waals surface area contributed by atoms with E-state index in [0.29, 0.717) is 17.7 Å². The fourth-order valence-corrected chi connectivity index (χ4v) is 3.73. The molecule has 0 spiro atoms. The fourth-order valence-electron chi connectivity index (χ4n) is 3.73. The molecule has 0 amide bonds. The molecule has 8 heteroatoms. The number of rotatable bonds is 7. The molecule has 33 heavy (non-hydrogen) atoms. The Bertz CT molecular complexity index is 1220. The maximum Gasteiger partial charge on any atom is 0.330 e. The topological polar surface area (TPSA) is 99.6 Å². The van der Waals surface area contributed by atoms with Crippen LogP contribution in [-0.2, 0) is 20.7 Å². The van der Waals surface area contributed by atoms with E-state index in [9.17, 15) is 14.4 Å². The Labute approximate surface area is 190 Å². The molecule has 2 aromatic carbocycles. The van der Waals surface area contributed by atoms with Crippen LogP contribution in [0.15, 0.2) is 70.4 Å². The van der Waals surface area contributed by atoms with Crippen molar-refractivity contribution in [3.63, 3.8) is 0 Å². The number of nitrogens with one attached hydrogen (secondary N) is 1. The number of hydrogen-bond donors (Lipinski definition) is 1. The van der Waals surface area contributed by atoms with Gasteiger partial charge in [0.2, 0.25) is 0 Å². The van der Waals surface area contributed by atoms with Crippen molar-refractivity contribution in [3.8, 4) is 5.75 Å². The number of carbonyl (C=O) groups excluding carboxylic acids is 1. The van der Waals surface area contributed by atoms with Gasteiger partial charge in [-0.2, -0.15) is 0 Å². The lowest BCUT2D eigenvalue weighted by Gasteiger charge is -2.20. The van der Waals surface area contributed by atoms with Gasteiger partial charge in [-0.3, -0.25) is 19.1 Å². The number of carbonyl (C=O) groups is 1. The maximum absolute atomic E-state index is 12.4. The highest BCUT2D eigenvalue weighted by Crippen LogP contribution is 2.31. The van der Waals surface area contributed by atoms with Gasteiger partial charge in [0.05, 0.1) is 6.42 Å². The highest BCUT2D eigenvalue weighted by atomic mass is 16.6. The predicted molar refractivity (Wildman–Crippen MR) is 121 cm³/mol. The number of nitrogens with zero attached hydrogens (tertiary/aromatic N) is 1. The van der Waals surface area contributed by atoms with E-state index in [4.69, 9.17) is 14.2 Å². The summed E-state index contributed by atoms with van der Waals surface area (Å²) in [6, 6.07) is 16.9. The van der Waals surface area contributed by atoms with Crippen molar-refractivity contribution in [2.24, 2.45) is 0 Å². The predicted octanol–water partition coefficient (Wildman–Crippen LogP) is 2.67. The standard InChI is InChI=1S/C25H26N2O6/c1-16-8-10-19(11-9-16)32-20-13-22(27-14-17(2)24(29)26-25(27)30)33-21(20)15-31-23(28)12-18-6-4-3-5-7-18/h3-11,14,20-22H,12-13,15H2,1-2H3,(H,26,29,30)/t20-,21+,22+/m0/s1. The molecular weight excluding hydrogens is 424 g/mol. The van der Waals surface area contributed by atoms with E-state index in [0.717, 1.165) is 11.1 Å². The molecule has 0 bridgehead atoms. The Hall–Kier alpha value is -3.65. The Morgan fingerprint density at radius 3 is 2.55 bits per heavy atom. The number of ether oxygens (including phenoxy) is 3. The van der Waals surface area contributed by atoms with E-state index in [1.54, 1.807) is 6.92 Å². The third-order valence-electron chi connectivity index (χ3n) is 5.54. The van der Waals surface area contributed by atoms with Gasteiger partial charge >= 0.3 is 11.7 Å². The number of aromatic nitrogens is 2. The quantitative estimate of drug-likeness (QED) is 0.556. The first-order chi connectivity index (χ1) is 15.9. The maximum atomic E-state index is 12.4. The minimum Gasteiger partial charge on any atom is -0.487 e. The highest BCUT2D eigenvalue weighted by Gasteiger charge is 2.39. The third-order valence-corrected chi connectivity index (χ3v) is 5.54. The molecule has 1 N–H and O–H groups in total. The SMILES string of the molecule is Cc1ccc(O[C@H]2C[C@H](n3cc(C)c(=O)[nH]c3=O)O[C@@H]2COC(=O)Cc2ccccc2)cc1. The second-order valence-electron chi connectivity index (χ2n) is 8.16. The molecule has 8 nitrogen and oxygen atoms in total. The lowest BCUT2D eigenvalue weighted by molar-refractivity contribution is -0.149. The van der Waals surface area contributed by atoms with Crippen LogP contribution in [0.4, 0.5) is 0 Å². The lowest BCUT2D eigenvalue weighted by atomic mass is 10.1. The number of aromatic amines is 1. The Kier molecular flexibility index (Phi) is 6.74. The summed E-state index contributed by atoms with van der Waals surface area (Å²) in [5.74, 6) is 0.278. The smallest absolute Gasteiger partial charge is 0.330 e. The molecule has 4 rings (SSSR count). The number of H-pyrrole nitrogens is 1. The third kappa shape index (κ3) is 5.59. The zero-order valence-corrected chi connectivity index (χ0v) is 18.5. The van der Waals surface area contributed by atoms with Gasteiger partial charge in [-0.05, 0) is 31.5 Å². The minimum absolute atomic E-state index is 0.0181. The lowest BCUT2D eigenvalue weighted by Crippen LogP contribution is -2.33. The highest BCUT2D eigenvalue weighted by molar-refractivity contribution is 5.72. The van der Waals surface area contributed by atoms with Crippen LogP contribution < -0.4 is 16.0 Å². The summed E-state index contributed by atoms with van der Waals surface area (Å²) < 4.78 is 19.0. The van der Waals surface area contributed by atoms with Crippen molar-refractivity contribution in [1.82, 2.24) is 9.55 Å². The van der Waals surface area contributed by atoms with E-state index in [-0.39, 0.29) is 19.0 Å². The van der Waals surface area contributed by atoms with Crippen LogP contribution in [0.25, 0.3) is 0 Å². The molecule has 3 aromatic rings. The molecule has 1 aliphatic heterocycles. The van der Waals surface area contributed by atoms with Crippen molar-refractivity contribution in [3.05, 3.63) is 98.3 Å². The van der Waals surface area contributed by atoms with Gasteiger partial charge in [-0.1, -0.05) is 48.0 Å². The van der Waals surface area contributed by atoms with E-state index in [1.165, 1.54) is 10.8 Å².